The molecule has 5 heteroatoms. The van der Waals surface area contributed by atoms with Gasteiger partial charge in [0.2, 0.25) is 0 Å². The van der Waals surface area contributed by atoms with E-state index in [1.807, 2.05) is 35.2 Å². The number of aryl methyl sites for hydroxylation is 2. The number of rotatable bonds is 4. The summed E-state index contributed by atoms with van der Waals surface area (Å²) in [6.45, 7) is 5.26. The topological polar surface area (TPSA) is 32.8 Å². The summed E-state index contributed by atoms with van der Waals surface area (Å²) in [5.41, 5.74) is 5.04. The molecule has 1 heterocycles. The van der Waals surface area contributed by atoms with Crippen LogP contribution in [0, 0.1) is 6.92 Å². The van der Waals surface area contributed by atoms with Crippen LogP contribution in [0.4, 0.5) is 5.69 Å². The van der Waals surface area contributed by atoms with E-state index in [0.29, 0.717) is 13.1 Å². The minimum absolute atomic E-state index is 0.0656. The van der Waals surface area contributed by atoms with Gasteiger partial charge in [-0.1, -0.05) is 29.8 Å². The maximum absolute atomic E-state index is 12.7. The Kier molecular flexibility index (Phi) is 5.77. The molecule has 2 aliphatic rings. The standard InChI is InChI=1S/C23H27ClN2O2/c1-17-9-10-19(24)15-21(17)25-11-13-26(14-12-25)23(27)16-28-22-8-4-6-18-5-2-3-7-20(18)22/h4,6,8-10,15H,2-3,5,7,11-14,16H2,1H3. The predicted molar refractivity (Wildman–Crippen MR) is 114 cm³/mol. The van der Waals surface area contributed by atoms with E-state index in [4.69, 9.17) is 16.3 Å². The van der Waals surface area contributed by atoms with Crippen molar-refractivity contribution in [2.75, 3.05) is 37.7 Å². The molecule has 2 aromatic rings. The van der Waals surface area contributed by atoms with Crippen molar-refractivity contribution in [2.24, 2.45) is 0 Å². The molecule has 1 aliphatic heterocycles. The van der Waals surface area contributed by atoms with Crippen molar-refractivity contribution in [3.8, 4) is 5.75 Å². The Morgan fingerprint density at radius 2 is 1.86 bits per heavy atom. The van der Waals surface area contributed by atoms with Crippen LogP contribution in [0.2, 0.25) is 5.02 Å². The zero-order chi connectivity index (χ0) is 19.5. The number of carbonyl (C=O) groups excluding carboxylic acids is 1. The molecule has 1 saturated heterocycles. The van der Waals surface area contributed by atoms with Crippen molar-refractivity contribution in [3.05, 3.63) is 58.1 Å². The van der Waals surface area contributed by atoms with E-state index in [0.717, 1.165) is 42.4 Å². The van der Waals surface area contributed by atoms with E-state index in [1.54, 1.807) is 0 Å². The van der Waals surface area contributed by atoms with Gasteiger partial charge in [-0.3, -0.25) is 4.79 Å². The molecule has 2 aromatic carbocycles. The highest BCUT2D eigenvalue weighted by atomic mass is 35.5. The Morgan fingerprint density at radius 1 is 1.07 bits per heavy atom. The number of hydrogen-bond donors (Lipinski definition) is 0. The van der Waals surface area contributed by atoms with Crippen LogP contribution in [-0.4, -0.2) is 43.6 Å². The third-order valence-electron chi connectivity index (χ3n) is 5.85. The SMILES string of the molecule is Cc1ccc(Cl)cc1N1CCN(C(=O)COc2cccc3c2CCCC3)CC1. The predicted octanol–water partition coefficient (Wildman–Crippen LogP) is 4.25. The summed E-state index contributed by atoms with van der Waals surface area (Å²) >= 11 is 6.16. The molecule has 0 aromatic heterocycles. The molecule has 0 saturated carbocycles. The zero-order valence-corrected chi connectivity index (χ0v) is 17.2. The zero-order valence-electron chi connectivity index (χ0n) is 16.4. The van der Waals surface area contributed by atoms with Gasteiger partial charge >= 0.3 is 0 Å². The van der Waals surface area contributed by atoms with Gasteiger partial charge in [-0.2, -0.15) is 0 Å². The van der Waals surface area contributed by atoms with Crippen LogP contribution in [0.1, 0.15) is 29.5 Å². The summed E-state index contributed by atoms with van der Waals surface area (Å²) in [5, 5.41) is 0.749. The van der Waals surface area contributed by atoms with Crippen molar-refractivity contribution in [1.29, 1.82) is 0 Å². The lowest BCUT2D eigenvalue weighted by Crippen LogP contribution is -2.50. The first-order valence-electron chi connectivity index (χ1n) is 10.1. The van der Waals surface area contributed by atoms with Crippen LogP contribution in [-0.2, 0) is 17.6 Å². The first-order valence-corrected chi connectivity index (χ1v) is 10.5. The highest BCUT2D eigenvalue weighted by molar-refractivity contribution is 6.30. The van der Waals surface area contributed by atoms with E-state index in [-0.39, 0.29) is 12.5 Å². The number of fused-ring (bicyclic) bond motifs is 1. The molecule has 1 fully saturated rings. The van der Waals surface area contributed by atoms with Crippen LogP contribution >= 0.6 is 11.6 Å². The van der Waals surface area contributed by atoms with Crippen molar-refractivity contribution < 1.29 is 9.53 Å². The van der Waals surface area contributed by atoms with E-state index < -0.39 is 0 Å². The highest BCUT2D eigenvalue weighted by Gasteiger charge is 2.23. The third kappa shape index (κ3) is 4.12. The number of hydrogen-bond acceptors (Lipinski definition) is 3. The van der Waals surface area contributed by atoms with E-state index >= 15 is 0 Å². The molecule has 0 spiro atoms. The molecular formula is C23H27ClN2O2. The van der Waals surface area contributed by atoms with Gasteiger partial charge in [0.05, 0.1) is 0 Å². The monoisotopic (exact) mass is 398 g/mol. The third-order valence-corrected chi connectivity index (χ3v) is 6.08. The van der Waals surface area contributed by atoms with Gasteiger partial charge in [0.1, 0.15) is 5.75 Å². The number of nitrogens with zero attached hydrogens (tertiary/aromatic N) is 2. The number of ether oxygens (including phenoxy) is 1. The Bertz CT molecular complexity index is 860. The molecule has 0 bridgehead atoms. The molecule has 0 atom stereocenters. The lowest BCUT2D eigenvalue weighted by atomic mass is 9.91. The summed E-state index contributed by atoms with van der Waals surface area (Å²) < 4.78 is 5.94. The van der Waals surface area contributed by atoms with E-state index in [9.17, 15) is 4.79 Å². The molecule has 1 aliphatic carbocycles. The van der Waals surface area contributed by atoms with E-state index in [1.165, 1.54) is 29.5 Å². The summed E-state index contributed by atoms with van der Waals surface area (Å²) in [5.74, 6) is 0.953. The normalized spacial score (nSPS) is 16.6. The number of halogens is 1. The summed E-state index contributed by atoms with van der Waals surface area (Å²) in [7, 11) is 0. The molecule has 148 valence electrons. The van der Waals surface area contributed by atoms with Crippen molar-refractivity contribution in [2.45, 2.75) is 32.6 Å². The minimum Gasteiger partial charge on any atom is -0.483 e. The number of carbonyl (C=O) groups is 1. The number of amides is 1. The quantitative estimate of drug-likeness (QED) is 0.771. The summed E-state index contributed by atoms with van der Waals surface area (Å²) in [4.78, 5) is 16.9. The fraction of sp³-hybridized carbons (Fsp3) is 0.435. The maximum atomic E-state index is 12.7. The van der Waals surface area contributed by atoms with Crippen LogP contribution in [0.25, 0.3) is 0 Å². The first-order chi connectivity index (χ1) is 13.6. The Balaban J connectivity index is 1.33. The van der Waals surface area contributed by atoms with Crippen LogP contribution < -0.4 is 9.64 Å². The smallest absolute Gasteiger partial charge is 0.260 e. The van der Waals surface area contributed by atoms with Gasteiger partial charge in [-0.05, 0) is 67.5 Å². The Hall–Kier alpha value is -2.20. The van der Waals surface area contributed by atoms with Crippen LogP contribution in [0.5, 0.6) is 5.75 Å². The van der Waals surface area contributed by atoms with Crippen LogP contribution in [0.3, 0.4) is 0 Å². The number of anilines is 1. The van der Waals surface area contributed by atoms with Crippen molar-refractivity contribution in [1.82, 2.24) is 4.90 Å². The second kappa shape index (κ2) is 8.44. The van der Waals surface area contributed by atoms with Gasteiger partial charge in [-0.15, -0.1) is 0 Å². The molecule has 4 nitrogen and oxygen atoms in total. The fourth-order valence-electron chi connectivity index (χ4n) is 4.23. The minimum atomic E-state index is 0.0656. The Morgan fingerprint density at radius 3 is 2.68 bits per heavy atom. The van der Waals surface area contributed by atoms with Gasteiger partial charge in [0.25, 0.3) is 5.91 Å². The molecule has 0 radical (unpaired) electrons. The second-order valence-corrected chi connectivity index (χ2v) is 8.12. The van der Waals surface area contributed by atoms with Gasteiger partial charge in [0.15, 0.2) is 6.61 Å². The Labute approximate surface area is 172 Å². The maximum Gasteiger partial charge on any atom is 0.260 e. The van der Waals surface area contributed by atoms with Crippen molar-refractivity contribution >= 4 is 23.2 Å². The van der Waals surface area contributed by atoms with Crippen LogP contribution in [0.15, 0.2) is 36.4 Å². The molecule has 4 rings (SSSR count). The van der Waals surface area contributed by atoms with Gasteiger partial charge < -0.3 is 14.5 Å². The van der Waals surface area contributed by atoms with Gasteiger partial charge in [-0.25, -0.2) is 0 Å². The van der Waals surface area contributed by atoms with Crippen molar-refractivity contribution in [3.63, 3.8) is 0 Å². The molecule has 0 unspecified atom stereocenters. The first kappa shape index (κ1) is 19.1. The number of piperazine rings is 1. The fourth-order valence-corrected chi connectivity index (χ4v) is 4.40. The number of benzene rings is 2. The lowest BCUT2D eigenvalue weighted by molar-refractivity contribution is -0.133. The molecule has 28 heavy (non-hydrogen) atoms. The molecular weight excluding hydrogens is 372 g/mol. The highest BCUT2D eigenvalue weighted by Crippen LogP contribution is 2.29. The summed E-state index contributed by atoms with van der Waals surface area (Å²) in [6.07, 6.45) is 4.61. The summed E-state index contributed by atoms with van der Waals surface area (Å²) in [6, 6.07) is 12.2. The van der Waals surface area contributed by atoms with Gasteiger partial charge in [0, 0.05) is 36.9 Å². The molecule has 0 N–H and O–H groups in total. The lowest BCUT2D eigenvalue weighted by Gasteiger charge is -2.36. The second-order valence-electron chi connectivity index (χ2n) is 7.69. The van der Waals surface area contributed by atoms with E-state index in [2.05, 4.69) is 17.9 Å². The molecule has 1 amide bonds. The average Bonchev–Trinajstić information content (AvgIpc) is 2.74. The largest absolute Gasteiger partial charge is 0.483 e. The average molecular weight is 399 g/mol.